The van der Waals surface area contributed by atoms with Gasteiger partial charge in [0.15, 0.2) is 11.6 Å². The topological polar surface area (TPSA) is 94.4 Å². The first-order chi connectivity index (χ1) is 18.1. The molecule has 0 atom stereocenters. The monoisotopic (exact) mass is 504 g/mol. The van der Waals surface area contributed by atoms with Crippen molar-refractivity contribution < 1.29 is 0 Å². The molecule has 1 saturated heterocycles. The first-order valence-corrected chi connectivity index (χ1v) is 14.6. The zero-order chi connectivity index (χ0) is 25.2. The Morgan fingerprint density at radius 3 is 2.46 bits per heavy atom. The number of nitrogens with two attached hydrogens (primary N) is 1. The molecule has 1 aromatic carbocycles. The van der Waals surface area contributed by atoms with E-state index in [2.05, 4.69) is 56.9 Å². The van der Waals surface area contributed by atoms with E-state index < -0.39 is 0 Å². The second-order valence-electron chi connectivity index (χ2n) is 11.8. The molecule has 2 aliphatic heterocycles. The maximum atomic E-state index is 6.15. The summed E-state index contributed by atoms with van der Waals surface area (Å²) in [5.41, 5.74) is 9.99. The molecule has 6 rings (SSSR count). The van der Waals surface area contributed by atoms with Gasteiger partial charge in [-0.25, -0.2) is 0 Å². The number of nitrogens with one attached hydrogen (secondary N) is 3. The average molecular weight is 505 g/mol. The van der Waals surface area contributed by atoms with E-state index in [4.69, 9.17) is 15.7 Å². The number of rotatable bonds is 7. The van der Waals surface area contributed by atoms with Gasteiger partial charge < -0.3 is 26.6 Å². The van der Waals surface area contributed by atoms with Crippen LogP contribution in [0.2, 0.25) is 0 Å². The number of benzene rings is 1. The highest BCUT2D eigenvalue weighted by molar-refractivity contribution is 5.83. The molecule has 2 aliphatic carbocycles. The lowest BCUT2D eigenvalue weighted by atomic mass is 9.92. The molecular formula is C29H44N8. The maximum Gasteiger partial charge on any atom is 0.226 e. The molecule has 1 aromatic heterocycles. The average Bonchev–Trinajstić information content (AvgIpc) is 3.57. The van der Waals surface area contributed by atoms with Crippen molar-refractivity contribution in [1.82, 2.24) is 14.9 Å². The third kappa shape index (κ3) is 5.80. The van der Waals surface area contributed by atoms with E-state index in [1.807, 2.05) is 0 Å². The summed E-state index contributed by atoms with van der Waals surface area (Å²) in [6.07, 6.45) is 11.7. The Kier molecular flexibility index (Phi) is 7.38. The summed E-state index contributed by atoms with van der Waals surface area (Å²) in [6.45, 7) is 6.25. The van der Waals surface area contributed by atoms with Crippen LogP contribution in [0.1, 0.15) is 75.3 Å². The van der Waals surface area contributed by atoms with E-state index in [-0.39, 0.29) is 0 Å². The van der Waals surface area contributed by atoms with Gasteiger partial charge >= 0.3 is 0 Å². The van der Waals surface area contributed by atoms with Gasteiger partial charge in [0.05, 0.1) is 6.67 Å². The highest BCUT2D eigenvalue weighted by atomic mass is 15.4. The molecule has 0 bridgehead atoms. The van der Waals surface area contributed by atoms with Gasteiger partial charge in [0, 0.05) is 43.8 Å². The Labute approximate surface area is 221 Å². The van der Waals surface area contributed by atoms with Gasteiger partial charge in [0.2, 0.25) is 5.95 Å². The van der Waals surface area contributed by atoms with Gasteiger partial charge in [-0.05, 0) is 63.9 Å². The maximum absolute atomic E-state index is 6.15. The van der Waals surface area contributed by atoms with Gasteiger partial charge in [-0.3, -0.25) is 4.90 Å². The molecule has 0 spiro atoms. The van der Waals surface area contributed by atoms with Crippen molar-refractivity contribution in [3.05, 3.63) is 35.4 Å². The Morgan fingerprint density at radius 2 is 1.70 bits per heavy atom. The van der Waals surface area contributed by atoms with Crippen LogP contribution in [0.15, 0.2) is 24.3 Å². The number of fused-ring (bicyclic) bond motifs is 1. The van der Waals surface area contributed by atoms with Crippen LogP contribution >= 0.6 is 0 Å². The molecule has 5 N–H and O–H groups in total. The van der Waals surface area contributed by atoms with E-state index in [1.54, 1.807) is 0 Å². The van der Waals surface area contributed by atoms with Crippen molar-refractivity contribution in [2.75, 3.05) is 40.6 Å². The quantitative estimate of drug-likeness (QED) is 0.432. The molecule has 8 nitrogen and oxygen atoms in total. The first kappa shape index (κ1) is 24.7. The van der Waals surface area contributed by atoms with Gasteiger partial charge in [-0.2, -0.15) is 9.97 Å². The van der Waals surface area contributed by atoms with Crippen LogP contribution < -0.4 is 26.6 Å². The number of anilines is 4. The van der Waals surface area contributed by atoms with Crippen LogP contribution in [0, 0.1) is 6.92 Å². The molecule has 2 saturated carbocycles. The number of aryl methyl sites for hydroxylation is 1. The number of hydrogen-bond acceptors (Lipinski definition) is 8. The zero-order valence-electron chi connectivity index (χ0n) is 22.4. The molecule has 200 valence electrons. The van der Waals surface area contributed by atoms with Gasteiger partial charge in [-0.15, -0.1) is 0 Å². The molecule has 4 aliphatic rings. The summed E-state index contributed by atoms with van der Waals surface area (Å²) >= 11 is 0. The molecule has 3 heterocycles. The minimum absolute atomic E-state index is 0.343. The highest BCUT2D eigenvalue weighted by Gasteiger charge is 2.33. The highest BCUT2D eigenvalue weighted by Crippen LogP contribution is 2.41. The van der Waals surface area contributed by atoms with E-state index in [0.717, 1.165) is 88.1 Å². The molecular weight excluding hydrogens is 460 g/mol. The van der Waals surface area contributed by atoms with Gasteiger partial charge in [0.1, 0.15) is 5.69 Å². The summed E-state index contributed by atoms with van der Waals surface area (Å²) < 4.78 is 0. The zero-order valence-corrected chi connectivity index (χ0v) is 22.4. The Bertz CT molecular complexity index is 1050. The summed E-state index contributed by atoms with van der Waals surface area (Å²) in [6, 6.07) is 10.7. The SMILES string of the molecule is Cc1cccc(CN2CCC(Nc3nc(NC4CCC(N)CC4)nc4c3NCN4C3CCCC3)CC2)c1. The van der Waals surface area contributed by atoms with Crippen LogP contribution in [0.3, 0.4) is 0 Å². The second-order valence-corrected chi connectivity index (χ2v) is 11.8. The van der Waals surface area contributed by atoms with Crippen LogP contribution in [-0.4, -0.2) is 58.8 Å². The lowest BCUT2D eigenvalue weighted by molar-refractivity contribution is 0.211. The van der Waals surface area contributed by atoms with Crippen LogP contribution in [0.25, 0.3) is 0 Å². The van der Waals surface area contributed by atoms with Crippen LogP contribution in [0.4, 0.5) is 23.3 Å². The van der Waals surface area contributed by atoms with Crippen molar-refractivity contribution >= 4 is 23.3 Å². The minimum Gasteiger partial charge on any atom is -0.365 e. The van der Waals surface area contributed by atoms with E-state index in [9.17, 15) is 0 Å². The van der Waals surface area contributed by atoms with Crippen LogP contribution in [0.5, 0.6) is 0 Å². The van der Waals surface area contributed by atoms with Crippen molar-refractivity contribution in [1.29, 1.82) is 0 Å². The Balaban J connectivity index is 1.15. The third-order valence-corrected chi connectivity index (χ3v) is 8.88. The van der Waals surface area contributed by atoms with Crippen LogP contribution in [-0.2, 0) is 6.54 Å². The molecule has 37 heavy (non-hydrogen) atoms. The van der Waals surface area contributed by atoms with E-state index in [1.165, 1.54) is 36.8 Å². The lowest BCUT2D eigenvalue weighted by Crippen LogP contribution is -2.39. The summed E-state index contributed by atoms with van der Waals surface area (Å²) in [4.78, 5) is 15.2. The molecule has 0 amide bonds. The molecule has 0 radical (unpaired) electrons. The van der Waals surface area contributed by atoms with Crippen molar-refractivity contribution in [3.8, 4) is 0 Å². The molecule has 8 heteroatoms. The standard InChI is InChI=1S/C29H44N8/c1-20-5-4-6-21(17-20)18-36-15-13-24(14-16-36)32-27-26-28(37(19-31-26)25-7-2-3-8-25)35-29(34-27)33-23-11-9-22(30)10-12-23/h4-6,17,22-25,31H,2-3,7-16,18-19,30H2,1H3,(H2,32,33,34,35). The number of piperidine rings is 1. The Hall–Kier alpha value is -2.58. The second kappa shape index (κ2) is 11.0. The predicted molar refractivity (Wildman–Crippen MR) is 152 cm³/mol. The molecule has 0 unspecified atom stereocenters. The van der Waals surface area contributed by atoms with Gasteiger partial charge in [0.25, 0.3) is 0 Å². The van der Waals surface area contributed by atoms with Crippen molar-refractivity contribution in [2.24, 2.45) is 5.73 Å². The summed E-state index contributed by atoms with van der Waals surface area (Å²) in [5.74, 6) is 2.82. The predicted octanol–water partition coefficient (Wildman–Crippen LogP) is 4.68. The normalized spacial score (nSPS) is 25.2. The van der Waals surface area contributed by atoms with Crippen molar-refractivity contribution in [3.63, 3.8) is 0 Å². The Morgan fingerprint density at radius 1 is 0.946 bits per heavy atom. The third-order valence-electron chi connectivity index (χ3n) is 8.88. The minimum atomic E-state index is 0.343. The fraction of sp³-hybridized carbons (Fsp3) is 0.655. The fourth-order valence-corrected chi connectivity index (χ4v) is 6.69. The molecule has 3 fully saturated rings. The fourth-order valence-electron chi connectivity index (χ4n) is 6.69. The largest absolute Gasteiger partial charge is 0.365 e. The number of likely N-dealkylation sites (tertiary alicyclic amines) is 1. The summed E-state index contributed by atoms with van der Waals surface area (Å²) in [5, 5.41) is 11.2. The number of nitrogens with zero attached hydrogens (tertiary/aromatic N) is 4. The number of aromatic nitrogens is 2. The first-order valence-electron chi connectivity index (χ1n) is 14.6. The number of hydrogen-bond donors (Lipinski definition) is 4. The van der Waals surface area contributed by atoms with Crippen molar-refractivity contribution in [2.45, 2.75) is 102 Å². The smallest absolute Gasteiger partial charge is 0.226 e. The van der Waals surface area contributed by atoms with E-state index in [0.29, 0.717) is 24.2 Å². The summed E-state index contributed by atoms with van der Waals surface area (Å²) in [7, 11) is 0. The van der Waals surface area contributed by atoms with Gasteiger partial charge in [-0.1, -0.05) is 42.7 Å². The lowest BCUT2D eigenvalue weighted by Gasteiger charge is -2.33. The van der Waals surface area contributed by atoms with E-state index >= 15 is 0 Å². The molecule has 2 aromatic rings.